The van der Waals surface area contributed by atoms with E-state index >= 15 is 0 Å². The molecule has 2 heteroatoms. The quantitative estimate of drug-likeness (QED) is 0.676. The normalized spacial score (nSPS) is 11.3. The van der Waals surface area contributed by atoms with Crippen LogP contribution in [0.4, 0.5) is 0 Å². The number of benzene rings is 1. The van der Waals surface area contributed by atoms with E-state index in [0.29, 0.717) is 6.42 Å². The first-order valence-corrected chi connectivity index (χ1v) is 8.26. The maximum absolute atomic E-state index is 11.2. The third-order valence-corrected chi connectivity index (χ3v) is 2.77. The van der Waals surface area contributed by atoms with Gasteiger partial charge in [0.2, 0.25) is 0 Å². The molecule has 0 N–H and O–H groups in total. The minimum absolute atomic E-state index is 0.140. The molecule has 124 valence electrons. The molecule has 2 rings (SSSR count). The second kappa shape index (κ2) is 14.1. The third-order valence-electron chi connectivity index (χ3n) is 2.77. The van der Waals surface area contributed by atoms with Crippen LogP contribution in [0.15, 0.2) is 42.0 Å². The average Bonchev–Trinajstić information content (AvgIpc) is 3.10. The zero-order valence-corrected chi connectivity index (χ0v) is 15.5. The molecule has 1 aliphatic carbocycles. The van der Waals surface area contributed by atoms with E-state index in [2.05, 4.69) is 0 Å². The molecule has 0 saturated heterocycles. The summed E-state index contributed by atoms with van der Waals surface area (Å²) in [5.41, 5.74) is 3.07. The smallest absolute Gasteiger partial charge is 0.156 e. The highest BCUT2D eigenvalue weighted by Gasteiger charge is 2.15. The summed E-state index contributed by atoms with van der Waals surface area (Å²) < 4.78 is 5.30. The van der Waals surface area contributed by atoms with Gasteiger partial charge in [0, 0.05) is 12.0 Å². The van der Waals surface area contributed by atoms with Crippen molar-refractivity contribution in [2.75, 3.05) is 7.11 Å². The van der Waals surface area contributed by atoms with Gasteiger partial charge in [0.05, 0.1) is 7.11 Å². The number of methoxy groups -OCH3 is 1. The topological polar surface area (TPSA) is 26.3 Å². The second-order valence-corrected chi connectivity index (χ2v) is 3.82. The third kappa shape index (κ3) is 6.75. The summed E-state index contributed by atoms with van der Waals surface area (Å²) in [6.07, 6.45) is 4.59. The number of hydrogen-bond acceptors (Lipinski definition) is 2. The van der Waals surface area contributed by atoms with Crippen LogP contribution < -0.4 is 4.74 Å². The lowest BCUT2D eigenvalue weighted by Crippen LogP contribution is -1.95. The number of Topliss-reactive ketones (excluding diaryl/α,β-unsaturated/α-hetero) is 1. The van der Waals surface area contributed by atoms with E-state index in [1.807, 2.05) is 78.0 Å². The van der Waals surface area contributed by atoms with Gasteiger partial charge >= 0.3 is 0 Å². The fourth-order valence-corrected chi connectivity index (χ4v) is 1.86. The Bertz CT molecular complexity index is 482. The molecule has 2 nitrogen and oxygen atoms in total. The van der Waals surface area contributed by atoms with Crippen molar-refractivity contribution >= 4 is 11.4 Å². The van der Waals surface area contributed by atoms with Crippen LogP contribution in [-0.4, -0.2) is 12.9 Å². The lowest BCUT2D eigenvalue weighted by molar-refractivity contribution is -0.113. The predicted molar refractivity (Wildman–Crippen MR) is 98.4 cm³/mol. The Morgan fingerprint density at radius 3 is 1.95 bits per heavy atom. The zero-order chi connectivity index (χ0) is 17.5. The van der Waals surface area contributed by atoms with Crippen LogP contribution in [0.1, 0.15) is 60.5 Å². The molecule has 0 atom stereocenters. The first kappa shape index (κ1) is 22.5. The molecule has 0 unspecified atom stereocenters. The summed E-state index contributed by atoms with van der Waals surface area (Å²) in [7, 11) is 1.66. The number of carbonyl (C=O) groups is 1. The molecular weight excluding hydrogens is 272 g/mol. The van der Waals surface area contributed by atoms with Crippen molar-refractivity contribution in [2.45, 2.75) is 54.9 Å². The van der Waals surface area contributed by atoms with E-state index in [1.165, 1.54) is 0 Å². The highest BCUT2D eigenvalue weighted by molar-refractivity contribution is 5.98. The number of para-hydroxylation sites is 1. The van der Waals surface area contributed by atoms with E-state index in [0.717, 1.165) is 22.5 Å². The summed E-state index contributed by atoms with van der Waals surface area (Å²) >= 11 is 0. The molecule has 0 saturated carbocycles. The molecule has 0 fully saturated rings. The Labute approximate surface area is 136 Å². The number of ketones is 1. The monoisotopic (exact) mass is 304 g/mol. The van der Waals surface area contributed by atoms with Gasteiger partial charge in [-0.2, -0.15) is 0 Å². The van der Waals surface area contributed by atoms with Crippen LogP contribution in [0.3, 0.4) is 0 Å². The molecule has 0 spiro atoms. The van der Waals surface area contributed by atoms with Crippen molar-refractivity contribution in [2.24, 2.45) is 0 Å². The number of rotatable bonds is 3. The van der Waals surface area contributed by atoms with E-state index in [-0.39, 0.29) is 5.78 Å². The standard InChI is InChI=1S/C14H14O2.3C2H6/c1-10(15)11-7-8-12(9-11)13-5-3-4-6-14(13)16-2;3*1-2/h3-8H,9H2,1-2H3;3*1-2H3. The number of carbonyl (C=O) groups excluding carboxylic acids is 1. The molecule has 0 aliphatic heterocycles. The van der Waals surface area contributed by atoms with Gasteiger partial charge < -0.3 is 4.74 Å². The Balaban J connectivity index is 0. The Morgan fingerprint density at radius 1 is 0.955 bits per heavy atom. The highest BCUT2D eigenvalue weighted by Crippen LogP contribution is 2.33. The van der Waals surface area contributed by atoms with Gasteiger partial charge in [-0.25, -0.2) is 0 Å². The van der Waals surface area contributed by atoms with Crippen molar-refractivity contribution in [3.8, 4) is 5.75 Å². The van der Waals surface area contributed by atoms with Gasteiger partial charge in [0.25, 0.3) is 0 Å². The molecule has 0 radical (unpaired) electrons. The number of ether oxygens (including phenoxy) is 1. The van der Waals surface area contributed by atoms with Gasteiger partial charge in [-0.05, 0) is 24.1 Å². The van der Waals surface area contributed by atoms with E-state index in [4.69, 9.17) is 4.74 Å². The predicted octanol–water partition coefficient (Wildman–Crippen LogP) is 6.08. The van der Waals surface area contributed by atoms with E-state index in [1.54, 1.807) is 14.0 Å². The lowest BCUT2D eigenvalue weighted by Gasteiger charge is -2.09. The molecular formula is C20H32O2. The molecule has 1 aromatic rings. The molecule has 0 amide bonds. The maximum Gasteiger partial charge on any atom is 0.156 e. The molecule has 0 bridgehead atoms. The Hall–Kier alpha value is -1.83. The van der Waals surface area contributed by atoms with Crippen LogP contribution in [0.2, 0.25) is 0 Å². The first-order chi connectivity index (χ1) is 10.7. The number of allylic oxidation sites excluding steroid dienone is 4. The van der Waals surface area contributed by atoms with Gasteiger partial charge in [0.15, 0.2) is 5.78 Å². The van der Waals surface area contributed by atoms with Crippen LogP contribution in [0, 0.1) is 0 Å². The summed E-state index contributed by atoms with van der Waals surface area (Å²) in [5.74, 6) is 0.994. The van der Waals surface area contributed by atoms with Gasteiger partial charge in [0.1, 0.15) is 5.75 Å². The Kier molecular flexibility index (Phi) is 14.4. The fourth-order valence-electron chi connectivity index (χ4n) is 1.86. The summed E-state index contributed by atoms with van der Waals surface area (Å²) in [6, 6.07) is 7.87. The highest BCUT2D eigenvalue weighted by atomic mass is 16.5. The largest absolute Gasteiger partial charge is 0.496 e. The molecule has 0 heterocycles. The number of hydrogen-bond donors (Lipinski definition) is 0. The fraction of sp³-hybridized carbons (Fsp3) is 0.450. The summed E-state index contributed by atoms with van der Waals surface area (Å²) in [6.45, 7) is 13.6. The molecule has 1 aromatic carbocycles. The Morgan fingerprint density at radius 2 is 1.50 bits per heavy atom. The van der Waals surface area contributed by atoms with Gasteiger partial charge in [-0.3, -0.25) is 4.79 Å². The van der Waals surface area contributed by atoms with Gasteiger partial charge in [-0.1, -0.05) is 71.9 Å². The van der Waals surface area contributed by atoms with Crippen LogP contribution >= 0.6 is 0 Å². The summed E-state index contributed by atoms with van der Waals surface area (Å²) in [4.78, 5) is 11.2. The van der Waals surface area contributed by atoms with Crippen molar-refractivity contribution in [3.05, 3.63) is 47.6 Å². The molecule has 1 aliphatic rings. The van der Waals surface area contributed by atoms with Crippen molar-refractivity contribution in [3.63, 3.8) is 0 Å². The van der Waals surface area contributed by atoms with E-state index in [9.17, 15) is 4.79 Å². The van der Waals surface area contributed by atoms with E-state index < -0.39 is 0 Å². The van der Waals surface area contributed by atoms with Crippen molar-refractivity contribution in [1.82, 2.24) is 0 Å². The maximum atomic E-state index is 11.2. The first-order valence-electron chi connectivity index (χ1n) is 8.26. The molecule has 0 aromatic heterocycles. The average molecular weight is 304 g/mol. The lowest BCUT2D eigenvalue weighted by atomic mass is 10.0. The second-order valence-electron chi connectivity index (χ2n) is 3.82. The van der Waals surface area contributed by atoms with Crippen LogP contribution in [0.5, 0.6) is 5.75 Å². The summed E-state index contributed by atoms with van der Waals surface area (Å²) in [5, 5.41) is 0. The molecule has 22 heavy (non-hydrogen) atoms. The van der Waals surface area contributed by atoms with Crippen molar-refractivity contribution < 1.29 is 9.53 Å². The van der Waals surface area contributed by atoms with Gasteiger partial charge in [-0.15, -0.1) is 0 Å². The minimum Gasteiger partial charge on any atom is -0.496 e. The van der Waals surface area contributed by atoms with Crippen molar-refractivity contribution in [1.29, 1.82) is 0 Å². The SMILES string of the molecule is CC.CC.CC.COc1ccccc1C1=CC=C(C(C)=O)C1. The van der Waals surface area contributed by atoms with Crippen LogP contribution in [-0.2, 0) is 4.79 Å². The minimum atomic E-state index is 0.140. The van der Waals surface area contributed by atoms with Crippen LogP contribution in [0.25, 0.3) is 5.57 Å². The zero-order valence-electron chi connectivity index (χ0n) is 15.5.